The summed E-state index contributed by atoms with van der Waals surface area (Å²) < 4.78 is 45.5. The van der Waals surface area contributed by atoms with Gasteiger partial charge in [-0.2, -0.15) is 0 Å². The molecular formula is C15H13BrF3NO. The summed E-state index contributed by atoms with van der Waals surface area (Å²) in [5.41, 5.74) is 6.93. The fraction of sp³-hybridized carbons (Fsp3) is 0.200. The SMILES string of the molecule is COc1ccc(Br)cc1CC(N)c1cc(F)c(F)c(F)c1. The first-order valence-electron chi connectivity index (χ1n) is 6.14. The molecule has 0 amide bonds. The van der Waals surface area contributed by atoms with Crippen molar-refractivity contribution in [3.8, 4) is 5.75 Å². The third kappa shape index (κ3) is 3.57. The van der Waals surface area contributed by atoms with E-state index in [9.17, 15) is 13.2 Å². The van der Waals surface area contributed by atoms with Gasteiger partial charge < -0.3 is 10.5 Å². The molecule has 0 saturated heterocycles. The van der Waals surface area contributed by atoms with E-state index in [2.05, 4.69) is 15.9 Å². The number of nitrogens with two attached hydrogens (primary N) is 1. The molecule has 2 rings (SSSR count). The van der Waals surface area contributed by atoms with Gasteiger partial charge in [0, 0.05) is 10.5 Å². The minimum atomic E-state index is -1.49. The molecule has 112 valence electrons. The summed E-state index contributed by atoms with van der Waals surface area (Å²) in [7, 11) is 1.52. The van der Waals surface area contributed by atoms with E-state index in [1.54, 1.807) is 6.07 Å². The molecule has 0 bridgehead atoms. The van der Waals surface area contributed by atoms with Gasteiger partial charge in [-0.1, -0.05) is 15.9 Å². The summed E-state index contributed by atoms with van der Waals surface area (Å²) in [6.07, 6.45) is 0.299. The van der Waals surface area contributed by atoms with Crippen molar-refractivity contribution in [2.24, 2.45) is 5.73 Å². The highest BCUT2D eigenvalue weighted by molar-refractivity contribution is 9.10. The Bertz CT molecular complexity index is 640. The number of hydrogen-bond acceptors (Lipinski definition) is 2. The lowest BCUT2D eigenvalue weighted by Gasteiger charge is -2.15. The Morgan fingerprint density at radius 2 is 1.76 bits per heavy atom. The van der Waals surface area contributed by atoms with Gasteiger partial charge in [-0.25, -0.2) is 13.2 Å². The molecule has 0 radical (unpaired) electrons. The number of hydrogen-bond donors (Lipinski definition) is 1. The summed E-state index contributed by atoms with van der Waals surface area (Å²) in [4.78, 5) is 0. The van der Waals surface area contributed by atoms with Gasteiger partial charge in [0.1, 0.15) is 5.75 Å². The Morgan fingerprint density at radius 1 is 1.14 bits per heavy atom. The molecule has 0 aliphatic carbocycles. The summed E-state index contributed by atoms with van der Waals surface area (Å²) in [5, 5.41) is 0. The molecule has 0 fully saturated rings. The van der Waals surface area contributed by atoms with Gasteiger partial charge in [-0.15, -0.1) is 0 Å². The van der Waals surface area contributed by atoms with Crippen LogP contribution < -0.4 is 10.5 Å². The molecular weight excluding hydrogens is 347 g/mol. The largest absolute Gasteiger partial charge is 0.496 e. The van der Waals surface area contributed by atoms with E-state index < -0.39 is 23.5 Å². The van der Waals surface area contributed by atoms with E-state index in [0.29, 0.717) is 12.2 Å². The Balaban J connectivity index is 2.30. The molecule has 2 nitrogen and oxygen atoms in total. The van der Waals surface area contributed by atoms with E-state index in [1.807, 2.05) is 12.1 Å². The Hall–Kier alpha value is -1.53. The topological polar surface area (TPSA) is 35.2 Å². The maximum atomic E-state index is 13.2. The lowest BCUT2D eigenvalue weighted by atomic mass is 9.98. The van der Waals surface area contributed by atoms with Crippen LogP contribution in [0.4, 0.5) is 13.2 Å². The number of benzene rings is 2. The third-order valence-electron chi connectivity index (χ3n) is 3.12. The van der Waals surface area contributed by atoms with Crippen LogP contribution in [0.1, 0.15) is 17.2 Å². The second-order valence-electron chi connectivity index (χ2n) is 4.57. The predicted molar refractivity (Wildman–Crippen MR) is 77.6 cm³/mol. The summed E-state index contributed by atoms with van der Waals surface area (Å²) in [6, 6.07) is 6.52. The molecule has 1 atom stereocenters. The fourth-order valence-electron chi connectivity index (χ4n) is 2.05. The number of methoxy groups -OCH3 is 1. The van der Waals surface area contributed by atoms with Crippen molar-refractivity contribution >= 4 is 15.9 Å². The number of ether oxygens (including phenoxy) is 1. The zero-order valence-corrected chi connectivity index (χ0v) is 12.8. The van der Waals surface area contributed by atoms with Crippen LogP contribution in [-0.2, 0) is 6.42 Å². The Labute approximate surface area is 128 Å². The summed E-state index contributed by atoms with van der Waals surface area (Å²) in [6.45, 7) is 0. The molecule has 0 aliphatic heterocycles. The Morgan fingerprint density at radius 3 is 2.33 bits per heavy atom. The van der Waals surface area contributed by atoms with Crippen molar-refractivity contribution in [2.45, 2.75) is 12.5 Å². The molecule has 6 heteroatoms. The zero-order chi connectivity index (χ0) is 15.6. The van der Waals surface area contributed by atoms with Crippen molar-refractivity contribution in [1.29, 1.82) is 0 Å². The van der Waals surface area contributed by atoms with Crippen LogP contribution in [0.25, 0.3) is 0 Å². The molecule has 2 aromatic rings. The van der Waals surface area contributed by atoms with Gasteiger partial charge in [-0.3, -0.25) is 0 Å². The minimum Gasteiger partial charge on any atom is -0.496 e. The number of halogens is 4. The molecule has 0 saturated carbocycles. The highest BCUT2D eigenvalue weighted by atomic mass is 79.9. The van der Waals surface area contributed by atoms with Gasteiger partial charge in [0.25, 0.3) is 0 Å². The number of rotatable bonds is 4. The highest BCUT2D eigenvalue weighted by Gasteiger charge is 2.16. The first kappa shape index (κ1) is 15.9. The summed E-state index contributed by atoms with van der Waals surface area (Å²) in [5.74, 6) is -3.37. The monoisotopic (exact) mass is 359 g/mol. The van der Waals surface area contributed by atoms with Crippen LogP contribution >= 0.6 is 15.9 Å². The standard InChI is InChI=1S/C15H13BrF3NO/c1-21-14-3-2-10(16)4-9(14)7-13(20)8-5-11(17)15(19)12(18)6-8/h2-6,13H,7,20H2,1H3. The van der Waals surface area contributed by atoms with E-state index in [-0.39, 0.29) is 5.56 Å². The molecule has 2 aromatic carbocycles. The van der Waals surface area contributed by atoms with Crippen molar-refractivity contribution < 1.29 is 17.9 Å². The lowest BCUT2D eigenvalue weighted by Crippen LogP contribution is -2.15. The van der Waals surface area contributed by atoms with Crippen LogP contribution in [0.5, 0.6) is 5.75 Å². The maximum absolute atomic E-state index is 13.2. The maximum Gasteiger partial charge on any atom is 0.194 e. The van der Waals surface area contributed by atoms with E-state index >= 15 is 0 Å². The molecule has 0 aliphatic rings. The van der Waals surface area contributed by atoms with Crippen LogP contribution in [-0.4, -0.2) is 7.11 Å². The van der Waals surface area contributed by atoms with Crippen LogP contribution in [0, 0.1) is 17.5 Å². The first-order chi connectivity index (χ1) is 9.92. The van der Waals surface area contributed by atoms with Crippen LogP contribution in [0.15, 0.2) is 34.8 Å². The lowest BCUT2D eigenvalue weighted by molar-refractivity contribution is 0.407. The van der Waals surface area contributed by atoms with E-state index in [4.69, 9.17) is 10.5 Å². The van der Waals surface area contributed by atoms with Gasteiger partial charge in [-0.05, 0) is 47.9 Å². The van der Waals surface area contributed by atoms with Gasteiger partial charge >= 0.3 is 0 Å². The predicted octanol–water partition coefficient (Wildman–Crippen LogP) is 4.12. The second-order valence-corrected chi connectivity index (χ2v) is 5.48. The van der Waals surface area contributed by atoms with Crippen molar-refractivity contribution in [3.05, 3.63) is 63.4 Å². The van der Waals surface area contributed by atoms with Gasteiger partial charge in [0.2, 0.25) is 0 Å². The van der Waals surface area contributed by atoms with Crippen molar-refractivity contribution in [1.82, 2.24) is 0 Å². The average Bonchev–Trinajstić information content (AvgIpc) is 2.44. The normalized spacial score (nSPS) is 12.3. The van der Waals surface area contributed by atoms with Crippen LogP contribution in [0.3, 0.4) is 0 Å². The molecule has 0 heterocycles. The van der Waals surface area contributed by atoms with Crippen LogP contribution in [0.2, 0.25) is 0 Å². The first-order valence-corrected chi connectivity index (χ1v) is 6.94. The van der Waals surface area contributed by atoms with Gasteiger partial charge in [0.05, 0.1) is 7.11 Å². The molecule has 0 spiro atoms. The van der Waals surface area contributed by atoms with Crippen molar-refractivity contribution in [2.75, 3.05) is 7.11 Å². The van der Waals surface area contributed by atoms with Gasteiger partial charge in [0.15, 0.2) is 17.5 Å². The minimum absolute atomic E-state index is 0.188. The van der Waals surface area contributed by atoms with E-state index in [0.717, 1.165) is 22.2 Å². The average molecular weight is 360 g/mol. The van der Waals surface area contributed by atoms with E-state index in [1.165, 1.54) is 7.11 Å². The summed E-state index contributed by atoms with van der Waals surface area (Å²) >= 11 is 3.34. The van der Waals surface area contributed by atoms with Crippen molar-refractivity contribution in [3.63, 3.8) is 0 Å². The second kappa shape index (κ2) is 6.49. The molecule has 2 N–H and O–H groups in total. The molecule has 0 aromatic heterocycles. The molecule has 21 heavy (non-hydrogen) atoms. The smallest absolute Gasteiger partial charge is 0.194 e. The molecule has 1 unspecified atom stereocenters. The Kier molecular flexibility index (Phi) is 4.90. The third-order valence-corrected chi connectivity index (χ3v) is 3.61. The highest BCUT2D eigenvalue weighted by Crippen LogP contribution is 2.28. The quantitative estimate of drug-likeness (QED) is 0.833. The zero-order valence-electron chi connectivity index (χ0n) is 11.2. The fourth-order valence-corrected chi connectivity index (χ4v) is 2.46.